The monoisotopic (exact) mass is 208 g/mol. The van der Waals surface area contributed by atoms with Gasteiger partial charge in [0.15, 0.2) is 0 Å². The molecule has 3 heteroatoms. The maximum absolute atomic E-state index is 11.7. The van der Waals surface area contributed by atoms with E-state index in [2.05, 4.69) is 26.1 Å². The molecule has 0 saturated heterocycles. The third-order valence-electron chi connectivity index (χ3n) is 2.22. The summed E-state index contributed by atoms with van der Waals surface area (Å²) in [5.74, 6) is 0. The lowest BCUT2D eigenvalue weighted by atomic mass is 10.1. The van der Waals surface area contributed by atoms with Gasteiger partial charge in [-0.2, -0.15) is 0 Å². The van der Waals surface area contributed by atoms with Crippen molar-refractivity contribution in [2.24, 2.45) is 0 Å². The summed E-state index contributed by atoms with van der Waals surface area (Å²) in [5, 5.41) is 3.36. The van der Waals surface area contributed by atoms with Crippen LogP contribution in [0.15, 0.2) is 23.1 Å². The highest BCUT2D eigenvalue weighted by atomic mass is 16.1. The molecule has 84 valence electrons. The Hall–Kier alpha value is -1.09. The summed E-state index contributed by atoms with van der Waals surface area (Å²) in [6.45, 7) is 9.73. The molecular formula is C12H20N2O. The summed E-state index contributed by atoms with van der Waals surface area (Å²) in [4.78, 5) is 11.7. The summed E-state index contributed by atoms with van der Waals surface area (Å²) in [6, 6.07) is 3.75. The molecule has 1 aromatic heterocycles. The molecule has 0 aliphatic heterocycles. The highest BCUT2D eigenvalue weighted by molar-refractivity contribution is 5.07. The Labute approximate surface area is 91.1 Å². The van der Waals surface area contributed by atoms with Crippen molar-refractivity contribution in [2.75, 3.05) is 6.54 Å². The van der Waals surface area contributed by atoms with Crippen molar-refractivity contribution in [3.63, 3.8) is 0 Å². The van der Waals surface area contributed by atoms with Crippen LogP contribution in [0.5, 0.6) is 0 Å². The lowest BCUT2D eigenvalue weighted by Crippen LogP contribution is -2.39. The molecule has 0 fully saturated rings. The molecule has 0 amide bonds. The number of nitrogens with one attached hydrogen (secondary N) is 1. The zero-order chi connectivity index (χ0) is 11.5. The van der Waals surface area contributed by atoms with Gasteiger partial charge < -0.3 is 9.88 Å². The second-order valence-corrected chi connectivity index (χ2v) is 4.87. The van der Waals surface area contributed by atoms with Gasteiger partial charge in [-0.25, -0.2) is 0 Å². The quantitative estimate of drug-likeness (QED) is 0.817. The molecular weight excluding hydrogens is 188 g/mol. The van der Waals surface area contributed by atoms with Crippen LogP contribution >= 0.6 is 0 Å². The van der Waals surface area contributed by atoms with E-state index in [1.165, 1.54) is 0 Å². The minimum absolute atomic E-state index is 0.105. The molecule has 1 N–H and O–H groups in total. The van der Waals surface area contributed by atoms with Crippen molar-refractivity contribution >= 4 is 0 Å². The molecule has 3 nitrogen and oxygen atoms in total. The Morgan fingerprint density at radius 2 is 2.07 bits per heavy atom. The molecule has 0 spiro atoms. The molecule has 0 unspecified atom stereocenters. The number of aromatic nitrogens is 1. The van der Waals surface area contributed by atoms with Gasteiger partial charge in [-0.1, -0.05) is 6.07 Å². The lowest BCUT2D eigenvalue weighted by Gasteiger charge is -2.20. The van der Waals surface area contributed by atoms with Crippen molar-refractivity contribution < 1.29 is 0 Å². The minimum Gasteiger partial charge on any atom is -0.314 e. The fourth-order valence-corrected chi connectivity index (χ4v) is 1.38. The third kappa shape index (κ3) is 3.88. The van der Waals surface area contributed by atoms with Gasteiger partial charge >= 0.3 is 0 Å². The molecule has 1 rings (SSSR count). The normalized spacial score (nSPS) is 11.7. The van der Waals surface area contributed by atoms with Gasteiger partial charge in [0, 0.05) is 30.4 Å². The summed E-state index contributed by atoms with van der Waals surface area (Å²) >= 11 is 0. The maximum Gasteiger partial charge on any atom is 0.253 e. The van der Waals surface area contributed by atoms with Gasteiger partial charge in [-0.3, -0.25) is 4.79 Å². The maximum atomic E-state index is 11.7. The van der Waals surface area contributed by atoms with Crippen LogP contribution in [0.25, 0.3) is 0 Å². The number of aryl methyl sites for hydroxylation is 1. The van der Waals surface area contributed by atoms with Crippen LogP contribution < -0.4 is 10.9 Å². The second-order valence-electron chi connectivity index (χ2n) is 4.87. The summed E-state index contributed by atoms with van der Waals surface area (Å²) in [7, 11) is 0. The van der Waals surface area contributed by atoms with E-state index in [1.807, 2.05) is 25.3 Å². The number of nitrogens with zero attached hydrogens (tertiary/aromatic N) is 1. The van der Waals surface area contributed by atoms with Crippen molar-refractivity contribution in [3.05, 3.63) is 34.2 Å². The average molecular weight is 208 g/mol. The summed E-state index contributed by atoms with van der Waals surface area (Å²) in [5.41, 5.74) is 1.01. The summed E-state index contributed by atoms with van der Waals surface area (Å²) in [6.07, 6.45) is 1.83. The van der Waals surface area contributed by atoms with E-state index >= 15 is 0 Å². The van der Waals surface area contributed by atoms with Gasteiger partial charge in [-0.15, -0.1) is 0 Å². The van der Waals surface area contributed by atoms with Crippen LogP contribution in [0, 0.1) is 6.92 Å². The first-order chi connectivity index (χ1) is 6.90. The number of rotatable bonds is 3. The Kier molecular flexibility index (Phi) is 3.69. The van der Waals surface area contributed by atoms with E-state index in [1.54, 1.807) is 4.57 Å². The van der Waals surface area contributed by atoms with E-state index in [0.717, 1.165) is 18.7 Å². The van der Waals surface area contributed by atoms with E-state index in [-0.39, 0.29) is 11.1 Å². The van der Waals surface area contributed by atoms with Crippen LogP contribution in [0.3, 0.4) is 0 Å². The van der Waals surface area contributed by atoms with E-state index in [4.69, 9.17) is 0 Å². The minimum atomic E-state index is 0.105. The summed E-state index contributed by atoms with van der Waals surface area (Å²) < 4.78 is 1.74. The number of hydrogen-bond acceptors (Lipinski definition) is 2. The fourth-order valence-electron chi connectivity index (χ4n) is 1.38. The first kappa shape index (κ1) is 12.0. The SMILES string of the molecule is Cc1cccn(CCNC(C)(C)C)c1=O. The van der Waals surface area contributed by atoms with Crippen molar-refractivity contribution in [1.82, 2.24) is 9.88 Å². The molecule has 15 heavy (non-hydrogen) atoms. The highest BCUT2D eigenvalue weighted by Crippen LogP contribution is 1.97. The Balaban J connectivity index is 2.59. The first-order valence-electron chi connectivity index (χ1n) is 5.31. The van der Waals surface area contributed by atoms with E-state index in [9.17, 15) is 4.79 Å². The zero-order valence-electron chi connectivity index (χ0n) is 10.0. The lowest BCUT2D eigenvalue weighted by molar-refractivity contribution is 0.410. The van der Waals surface area contributed by atoms with Crippen molar-refractivity contribution in [1.29, 1.82) is 0 Å². The third-order valence-corrected chi connectivity index (χ3v) is 2.22. The fraction of sp³-hybridized carbons (Fsp3) is 0.583. The second kappa shape index (κ2) is 4.62. The van der Waals surface area contributed by atoms with E-state index < -0.39 is 0 Å². The van der Waals surface area contributed by atoms with Crippen molar-refractivity contribution in [3.8, 4) is 0 Å². The van der Waals surface area contributed by atoms with Gasteiger partial charge in [-0.05, 0) is 33.8 Å². The molecule has 1 aromatic rings. The van der Waals surface area contributed by atoms with Crippen LogP contribution in [0.4, 0.5) is 0 Å². The van der Waals surface area contributed by atoms with Crippen LogP contribution in [0.2, 0.25) is 0 Å². The molecule has 1 heterocycles. The Bertz CT molecular complexity index is 374. The largest absolute Gasteiger partial charge is 0.314 e. The molecule has 0 bridgehead atoms. The highest BCUT2D eigenvalue weighted by Gasteiger charge is 2.07. The average Bonchev–Trinajstić information content (AvgIpc) is 2.10. The van der Waals surface area contributed by atoms with Gasteiger partial charge in [0.05, 0.1) is 0 Å². The first-order valence-corrected chi connectivity index (χ1v) is 5.31. The Morgan fingerprint density at radius 1 is 1.40 bits per heavy atom. The number of hydrogen-bond donors (Lipinski definition) is 1. The molecule has 0 aliphatic rings. The van der Waals surface area contributed by atoms with E-state index in [0.29, 0.717) is 0 Å². The zero-order valence-corrected chi connectivity index (χ0v) is 10.0. The van der Waals surface area contributed by atoms with Gasteiger partial charge in [0.2, 0.25) is 0 Å². The van der Waals surface area contributed by atoms with Gasteiger partial charge in [0.1, 0.15) is 0 Å². The van der Waals surface area contributed by atoms with Crippen LogP contribution in [-0.4, -0.2) is 16.7 Å². The van der Waals surface area contributed by atoms with Crippen LogP contribution in [0.1, 0.15) is 26.3 Å². The number of pyridine rings is 1. The standard InChI is InChI=1S/C12H20N2O/c1-10-6-5-8-14(11(10)15)9-7-13-12(2,3)4/h5-6,8,13H,7,9H2,1-4H3. The predicted molar refractivity (Wildman–Crippen MR) is 63.2 cm³/mol. The predicted octanol–water partition coefficient (Wildman–Crippen LogP) is 1.54. The molecule has 0 aromatic carbocycles. The topological polar surface area (TPSA) is 34.0 Å². The molecule has 0 radical (unpaired) electrons. The van der Waals surface area contributed by atoms with Crippen LogP contribution in [-0.2, 0) is 6.54 Å². The Morgan fingerprint density at radius 3 is 2.67 bits per heavy atom. The van der Waals surface area contributed by atoms with Gasteiger partial charge in [0.25, 0.3) is 5.56 Å². The molecule has 0 aliphatic carbocycles. The smallest absolute Gasteiger partial charge is 0.253 e. The molecule has 0 atom stereocenters. The molecule has 0 saturated carbocycles. The van der Waals surface area contributed by atoms with Crippen molar-refractivity contribution in [2.45, 2.75) is 39.8 Å².